The maximum Gasteiger partial charge on any atom is 0.238 e. The third-order valence-corrected chi connectivity index (χ3v) is 3.78. The van der Waals surface area contributed by atoms with Crippen LogP contribution in [-0.4, -0.2) is 17.3 Å². The number of pyridine rings is 1. The molecule has 1 atom stereocenters. The summed E-state index contributed by atoms with van der Waals surface area (Å²) < 4.78 is 5.51. The molecule has 0 aromatic carbocycles. The maximum absolute atomic E-state index is 5.82. The lowest BCUT2D eigenvalue weighted by Crippen LogP contribution is -2.02. The minimum atomic E-state index is 0.570. The lowest BCUT2D eigenvalue weighted by Gasteiger charge is -2.10. The summed E-state index contributed by atoms with van der Waals surface area (Å²) in [5.74, 6) is 2.36. The first-order valence-corrected chi connectivity index (χ1v) is 7.18. The van der Waals surface area contributed by atoms with Crippen LogP contribution >= 0.6 is 11.8 Å². The van der Waals surface area contributed by atoms with Crippen LogP contribution < -0.4 is 10.5 Å². The highest BCUT2D eigenvalue weighted by Crippen LogP contribution is 2.26. The number of anilines is 1. The van der Waals surface area contributed by atoms with Crippen LogP contribution in [0.15, 0.2) is 17.2 Å². The number of nitrogens with two attached hydrogens (primary N) is 1. The summed E-state index contributed by atoms with van der Waals surface area (Å²) in [5, 5.41) is 0.991. The van der Waals surface area contributed by atoms with Gasteiger partial charge >= 0.3 is 0 Å². The van der Waals surface area contributed by atoms with Gasteiger partial charge in [0.1, 0.15) is 5.03 Å². The molecule has 0 bridgehead atoms. The molecule has 0 saturated heterocycles. The Morgan fingerprint density at radius 3 is 2.82 bits per heavy atom. The minimum Gasteiger partial charge on any atom is -0.476 e. The summed E-state index contributed by atoms with van der Waals surface area (Å²) in [5.41, 5.74) is 6.43. The van der Waals surface area contributed by atoms with Gasteiger partial charge in [0.15, 0.2) is 0 Å². The first kappa shape index (κ1) is 14.2. The Morgan fingerprint density at radius 2 is 2.18 bits per heavy atom. The summed E-state index contributed by atoms with van der Waals surface area (Å²) in [4.78, 5) is 4.43. The fourth-order valence-corrected chi connectivity index (χ4v) is 2.18. The highest BCUT2D eigenvalue weighted by molar-refractivity contribution is 7.99. The van der Waals surface area contributed by atoms with Crippen molar-refractivity contribution in [2.24, 2.45) is 5.92 Å². The number of hydrogen-bond acceptors (Lipinski definition) is 4. The van der Waals surface area contributed by atoms with Crippen molar-refractivity contribution in [2.75, 3.05) is 18.1 Å². The molecule has 1 unspecified atom stereocenters. The Hall–Kier alpha value is -0.900. The zero-order valence-corrected chi connectivity index (χ0v) is 11.7. The molecule has 0 radical (unpaired) electrons. The topological polar surface area (TPSA) is 48.1 Å². The molecule has 0 aliphatic carbocycles. The number of thioether (sulfide) groups is 1. The van der Waals surface area contributed by atoms with Crippen LogP contribution in [0.1, 0.15) is 33.6 Å². The quantitative estimate of drug-likeness (QED) is 0.755. The van der Waals surface area contributed by atoms with Crippen LogP contribution in [0.25, 0.3) is 0 Å². The number of rotatable bonds is 7. The van der Waals surface area contributed by atoms with Crippen LogP contribution in [0.2, 0.25) is 0 Å². The van der Waals surface area contributed by atoms with Gasteiger partial charge in [-0.3, -0.25) is 0 Å². The molecule has 0 saturated carbocycles. The highest BCUT2D eigenvalue weighted by atomic mass is 32.2. The van der Waals surface area contributed by atoms with Crippen LogP contribution in [-0.2, 0) is 0 Å². The van der Waals surface area contributed by atoms with E-state index in [1.807, 2.05) is 12.1 Å². The maximum atomic E-state index is 5.82. The van der Waals surface area contributed by atoms with Gasteiger partial charge in [0, 0.05) is 5.75 Å². The van der Waals surface area contributed by atoms with E-state index < -0.39 is 0 Å². The van der Waals surface area contributed by atoms with Gasteiger partial charge < -0.3 is 10.5 Å². The number of ether oxygens (including phenoxy) is 1. The summed E-state index contributed by atoms with van der Waals surface area (Å²) >= 11 is 1.76. The summed E-state index contributed by atoms with van der Waals surface area (Å²) in [6.07, 6.45) is 2.16. The van der Waals surface area contributed by atoms with E-state index in [1.165, 1.54) is 6.42 Å². The molecule has 2 N–H and O–H groups in total. The predicted molar refractivity (Wildman–Crippen MR) is 74.6 cm³/mol. The van der Waals surface area contributed by atoms with Crippen molar-refractivity contribution >= 4 is 17.4 Å². The second kappa shape index (κ2) is 7.43. The minimum absolute atomic E-state index is 0.570. The van der Waals surface area contributed by atoms with E-state index in [0.717, 1.165) is 17.2 Å². The Morgan fingerprint density at radius 1 is 1.41 bits per heavy atom. The normalized spacial score (nSPS) is 12.4. The van der Waals surface area contributed by atoms with Crippen molar-refractivity contribution < 1.29 is 4.74 Å². The van der Waals surface area contributed by atoms with Crippen LogP contribution in [0, 0.1) is 5.92 Å². The molecule has 0 spiro atoms. The SMILES string of the molecule is CCCOc1nc(SCC(C)CC)ccc1N. The van der Waals surface area contributed by atoms with Crippen molar-refractivity contribution in [2.45, 2.75) is 38.6 Å². The molecule has 1 aromatic rings. The van der Waals surface area contributed by atoms with E-state index >= 15 is 0 Å². The van der Waals surface area contributed by atoms with Gasteiger partial charge in [0.25, 0.3) is 0 Å². The zero-order valence-electron chi connectivity index (χ0n) is 10.9. The third-order valence-electron chi connectivity index (χ3n) is 2.52. The van der Waals surface area contributed by atoms with Crippen molar-refractivity contribution in [3.05, 3.63) is 12.1 Å². The Kier molecular flexibility index (Phi) is 6.19. The van der Waals surface area contributed by atoms with E-state index in [9.17, 15) is 0 Å². The standard InChI is InChI=1S/C13H22N2OS/c1-4-8-16-13-11(14)6-7-12(15-13)17-9-10(3)5-2/h6-7,10H,4-5,8-9,14H2,1-3H3. The monoisotopic (exact) mass is 254 g/mol. The number of nitrogen functional groups attached to an aromatic ring is 1. The zero-order chi connectivity index (χ0) is 12.7. The summed E-state index contributed by atoms with van der Waals surface area (Å²) in [6.45, 7) is 7.19. The fraction of sp³-hybridized carbons (Fsp3) is 0.615. The van der Waals surface area contributed by atoms with Gasteiger partial charge in [-0.1, -0.05) is 27.2 Å². The number of aromatic nitrogens is 1. The molecule has 3 nitrogen and oxygen atoms in total. The van der Waals surface area contributed by atoms with E-state index in [2.05, 4.69) is 25.8 Å². The van der Waals surface area contributed by atoms with Gasteiger partial charge in [0.05, 0.1) is 12.3 Å². The van der Waals surface area contributed by atoms with Crippen molar-refractivity contribution in [1.82, 2.24) is 4.98 Å². The second-order valence-corrected chi connectivity index (χ2v) is 5.26. The lowest BCUT2D eigenvalue weighted by atomic mass is 10.2. The van der Waals surface area contributed by atoms with Gasteiger partial charge in [-0.15, -0.1) is 11.8 Å². The van der Waals surface area contributed by atoms with Crippen LogP contribution in [0.3, 0.4) is 0 Å². The van der Waals surface area contributed by atoms with Crippen LogP contribution in [0.4, 0.5) is 5.69 Å². The molecule has 1 rings (SSSR count). The third kappa shape index (κ3) is 4.86. The molecule has 0 amide bonds. The lowest BCUT2D eigenvalue weighted by molar-refractivity contribution is 0.305. The largest absolute Gasteiger partial charge is 0.476 e. The predicted octanol–water partition coefficient (Wildman–Crippen LogP) is 3.59. The Bertz CT molecular complexity index is 344. The molecule has 0 aliphatic heterocycles. The van der Waals surface area contributed by atoms with Crippen molar-refractivity contribution in [3.8, 4) is 5.88 Å². The molecule has 1 aromatic heterocycles. The second-order valence-electron chi connectivity index (χ2n) is 4.22. The molecule has 0 fully saturated rings. The average molecular weight is 254 g/mol. The summed E-state index contributed by atoms with van der Waals surface area (Å²) in [7, 11) is 0. The highest BCUT2D eigenvalue weighted by Gasteiger charge is 2.06. The first-order valence-electron chi connectivity index (χ1n) is 6.19. The summed E-state index contributed by atoms with van der Waals surface area (Å²) in [6, 6.07) is 3.83. The molecule has 0 aliphatic rings. The fourth-order valence-electron chi connectivity index (χ4n) is 1.17. The molecule has 17 heavy (non-hydrogen) atoms. The van der Waals surface area contributed by atoms with E-state index in [-0.39, 0.29) is 0 Å². The van der Waals surface area contributed by atoms with E-state index in [0.29, 0.717) is 24.1 Å². The van der Waals surface area contributed by atoms with Gasteiger partial charge in [-0.2, -0.15) is 0 Å². The van der Waals surface area contributed by atoms with E-state index in [1.54, 1.807) is 11.8 Å². The van der Waals surface area contributed by atoms with Crippen LogP contribution in [0.5, 0.6) is 5.88 Å². The van der Waals surface area contributed by atoms with E-state index in [4.69, 9.17) is 10.5 Å². The molecular formula is C13H22N2OS. The smallest absolute Gasteiger partial charge is 0.238 e. The molecule has 1 heterocycles. The Balaban J connectivity index is 2.61. The van der Waals surface area contributed by atoms with Crippen molar-refractivity contribution in [3.63, 3.8) is 0 Å². The van der Waals surface area contributed by atoms with Gasteiger partial charge in [-0.25, -0.2) is 4.98 Å². The Labute approximate surface area is 108 Å². The first-order chi connectivity index (χ1) is 8.17. The number of nitrogens with zero attached hydrogens (tertiary/aromatic N) is 1. The molecule has 96 valence electrons. The molecule has 4 heteroatoms. The van der Waals surface area contributed by atoms with Gasteiger partial charge in [0.2, 0.25) is 5.88 Å². The number of hydrogen-bond donors (Lipinski definition) is 1. The van der Waals surface area contributed by atoms with Gasteiger partial charge in [-0.05, 0) is 24.5 Å². The molecular weight excluding hydrogens is 232 g/mol. The average Bonchev–Trinajstić information content (AvgIpc) is 2.35. The van der Waals surface area contributed by atoms with Crippen molar-refractivity contribution in [1.29, 1.82) is 0 Å².